The van der Waals surface area contributed by atoms with E-state index >= 15 is 0 Å². The van der Waals surface area contributed by atoms with Crippen LogP contribution >= 0.6 is 0 Å². The summed E-state index contributed by atoms with van der Waals surface area (Å²) in [5.41, 5.74) is -1.71. The van der Waals surface area contributed by atoms with Crippen LogP contribution in [0.5, 0.6) is 0 Å². The quantitative estimate of drug-likeness (QED) is 0.153. The van der Waals surface area contributed by atoms with Crippen LogP contribution in [0.4, 0.5) is 0 Å². The molecule has 0 bridgehead atoms. The van der Waals surface area contributed by atoms with Crippen LogP contribution in [0.25, 0.3) is 21.5 Å². The predicted molar refractivity (Wildman–Crippen MR) is 182 cm³/mol. The van der Waals surface area contributed by atoms with Gasteiger partial charge < -0.3 is 20.8 Å². The summed E-state index contributed by atoms with van der Waals surface area (Å²) in [5, 5.41) is 34.9. The van der Waals surface area contributed by atoms with E-state index in [0.29, 0.717) is 38.5 Å². The van der Waals surface area contributed by atoms with Gasteiger partial charge in [0.25, 0.3) is 0 Å². The number of hydrogen-bond acceptors (Lipinski definition) is 4. The Hall–Kier alpha value is -3.74. The summed E-state index contributed by atoms with van der Waals surface area (Å²) in [6, 6.07) is 26.9. The number of benzene rings is 4. The Morgan fingerprint density at radius 2 is 0.891 bits per heavy atom. The second-order valence-corrected chi connectivity index (χ2v) is 14.2. The molecule has 0 aromatic heterocycles. The van der Waals surface area contributed by atoms with Gasteiger partial charge >= 0.3 is 0 Å². The van der Waals surface area contributed by atoms with Gasteiger partial charge in [0.1, 0.15) is 5.41 Å². The fourth-order valence-electron chi connectivity index (χ4n) is 8.54. The zero-order valence-corrected chi connectivity index (χ0v) is 26.6. The van der Waals surface area contributed by atoms with Gasteiger partial charge in [-0.05, 0) is 71.2 Å². The molecule has 46 heavy (non-hydrogen) atoms. The topological polar surface area (TPSA) is 98.7 Å². The van der Waals surface area contributed by atoms with Crippen LogP contribution in [0.2, 0.25) is 0 Å². The first-order chi connectivity index (χ1) is 22.3. The SMILES string of the molecule is O=C(N[C@@H](c1cccc2ccccc12)C1(O)CCCCC1)C1(C(=O)N[C@@H](c2cccc3ccccc23)C2(O)CCCCC2)CCC1. The largest absolute Gasteiger partial charge is 0.387 e. The molecule has 0 unspecified atom stereocenters. The molecule has 0 saturated heterocycles. The van der Waals surface area contributed by atoms with Crippen LogP contribution < -0.4 is 10.6 Å². The molecule has 0 radical (unpaired) electrons. The zero-order chi connectivity index (χ0) is 31.8. The van der Waals surface area contributed by atoms with Gasteiger partial charge in [-0.15, -0.1) is 0 Å². The molecule has 2 amide bonds. The number of carbonyl (C=O) groups excluding carboxylic acids is 2. The highest BCUT2D eigenvalue weighted by atomic mass is 16.3. The Balaban J connectivity index is 1.24. The van der Waals surface area contributed by atoms with Crippen LogP contribution in [-0.2, 0) is 9.59 Å². The van der Waals surface area contributed by atoms with Crippen molar-refractivity contribution in [1.29, 1.82) is 0 Å². The summed E-state index contributed by atoms with van der Waals surface area (Å²) in [4.78, 5) is 29.1. The van der Waals surface area contributed by atoms with Crippen LogP contribution in [0.15, 0.2) is 84.9 Å². The summed E-state index contributed by atoms with van der Waals surface area (Å²) < 4.78 is 0. The minimum absolute atomic E-state index is 0.333. The Labute approximate surface area is 271 Å². The minimum atomic E-state index is -1.26. The number of carbonyl (C=O) groups is 2. The van der Waals surface area contributed by atoms with Gasteiger partial charge in [0.2, 0.25) is 11.8 Å². The summed E-state index contributed by atoms with van der Waals surface area (Å²) in [6.45, 7) is 0. The van der Waals surface area contributed by atoms with E-state index in [2.05, 4.69) is 10.6 Å². The predicted octanol–water partition coefficient (Wildman–Crippen LogP) is 7.57. The fraction of sp³-hybridized carbons (Fsp3) is 0.450. The Kier molecular flexibility index (Phi) is 8.37. The van der Waals surface area contributed by atoms with Crippen LogP contribution in [-0.4, -0.2) is 33.2 Å². The number of rotatable bonds is 8. The van der Waals surface area contributed by atoms with Crippen molar-refractivity contribution in [2.45, 2.75) is 107 Å². The monoisotopic (exact) mass is 618 g/mol. The highest BCUT2D eigenvalue weighted by Gasteiger charge is 2.54. The van der Waals surface area contributed by atoms with Crippen molar-refractivity contribution in [1.82, 2.24) is 10.6 Å². The summed E-state index contributed by atoms with van der Waals surface area (Å²) in [6.07, 6.45) is 9.71. The first-order valence-electron chi connectivity index (χ1n) is 17.4. The molecule has 6 heteroatoms. The lowest BCUT2D eigenvalue weighted by molar-refractivity contribution is -0.154. The maximum atomic E-state index is 14.5. The average Bonchev–Trinajstić information content (AvgIpc) is 3.06. The molecule has 3 fully saturated rings. The number of nitrogens with one attached hydrogen (secondary N) is 2. The normalized spacial score (nSPS) is 21.5. The molecule has 6 nitrogen and oxygen atoms in total. The van der Waals surface area contributed by atoms with E-state index in [0.717, 1.165) is 77.6 Å². The zero-order valence-electron chi connectivity index (χ0n) is 26.6. The number of aliphatic hydroxyl groups is 2. The van der Waals surface area contributed by atoms with Crippen LogP contribution in [0, 0.1) is 5.41 Å². The molecule has 0 aliphatic heterocycles. The molecule has 0 spiro atoms. The summed E-state index contributed by atoms with van der Waals surface area (Å²) in [5.74, 6) is -0.666. The molecular weight excluding hydrogens is 572 g/mol. The van der Waals surface area contributed by atoms with Gasteiger partial charge in [0.15, 0.2) is 0 Å². The number of fused-ring (bicyclic) bond motifs is 2. The standard InChI is InChI=1S/C40H46N2O4/c43-36(41-34(39(45)24-7-1-8-25-39)32-20-11-16-28-14-3-5-18-30(28)32)38(22-13-23-38)37(44)42-35(40(46)26-9-2-10-27-40)33-21-12-17-29-15-4-6-19-31(29)33/h3-6,11-12,14-21,34-35,45-46H,1-2,7-10,13,22-27H2,(H,41,43)(H,42,44)/t34-,35-/m0/s1. The van der Waals surface area contributed by atoms with Gasteiger partial charge in [-0.1, -0.05) is 130 Å². The maximum Gasteiger partial charge on any atom is 0.236 e. The lowest BCUT2D eigenvalue weighted by Gasteiger charge is -2.46. The van der Waals surface area contributed by atoms with Crippen molar-refractivity contribution < 1.29 is 19.8 Å². The molecule has 3 aliphatic rings. The molecule has 3 saturated carbocycles. The van der Waals surface area contributed by atoms with E-state index in [1.165, 1.54) is 0 Å². The average molecular weight is 619 g/mol. The van der Waals surface area contributed by atoms with Crippen molar-refractivity contribution in [3.63, 3.8) is 0 Å². The summed E-state index contributed by atoms with van der Waals surface area (Å²) in [7, 11) is 0. The Bertz CT molecular complexity index is 1600. The summed E-state index contributed by atoms with van der Waals surface area (Å²) >= 11 is 0. The van der Waals surface area contributed by atoms with Crippen molar-refractivity contribution in [3.05, 3.63) is 96.1 Å². The maximum absolute atomic E-state index is 14.5. The van der Waals surface area contributed by atoms with Crippen molar-refractivity contribution in [2.24, 2.45) is 5.41 Å². The van der Waals surface area contributed by atoms with Crippen LogP contribution in [0.3, 0.4) is 0 Å². The first kappa shape index (κ1) is 30.9. The van der Waals surface area contributed by atoms with E-state index in [9.17, 15) is 19.8 Å². The third-order valence-electron chi connectivity index (χ3n) is 11.4. The smallest absolute Gasteiger partial charge is 0.236 e. The van der Waals surface area contributed by atoms with E-state index in [-0.39, 0.29) is 11.8 Å². The van der Waals surface area contributed by atoms with Gasteiger partial charge in [-0.25, -0.2) is 0 Å². The van der Waals surface area contributed by atoms with E-state index in [1.54, 1.807) is 0 Å². The first-order valence-corrected chi connectivity index (χ1v) is 17.4. The van der Waals surface area contributed by atoms with E-state index in [1.807, 2.05) is 84.9 Å². The number of hydrogen-bond donors (Lipinski definition) is 4. The highest BCUT2D eigenvalue weighted by molar-refractivity contribution is 6.06. The molecule has 240 valence electrons. The van der Waals surface area contributed by atoms with Gasteiger partial charge in [-0.2, -0.15) is 0 Å². The van der Waals surface area contributed by atoms with Crippen molar-refractivity contribution >= 4 is 33.4 Å². The molecule has 4 aromatic rings. The van der Waals surface area contributed by atoms with Gasteiger partial charge in [0.05, 0.1) is 23.3 Å². The van der Waals surface area contributed by atoms with E-state index in [4.69, 9.17) is 0 Å². The molecule has 4 N–H and O–H groups in total. The minimum Gasteiger partial charge on any atom is -0.387 e. The lowest BCUT2D eigenvalue weighted by Crippen LogP contribution is -2.60. The molecular formula is C40H46N2O4. The molecule has 4 aromatic carbocycles. The van der Waals surface area contributed by atoms with E-state index < -0.39 is 28.7 Å². The molecule has 2 atom stereocenters. The van der Waals surface area contributed by atoms with Crippen LogP contribution in [0.1, 0.15) is 107 Å². The lowest BCUT2D eigenvalue weighted by atomic mass is 9.66. The molecule has 7 rings (SSSR count). The third-order valence-corrected chi connectivity index (χ3v) is 11.4. The van der Waals surface area contributed by atoms with Crippen molar-refractivity contribution in [3.8, 4) is 0 Å². The second kappa shape index (κ2) is 12.5. The molecule has 3 aliphatic carbocycles. The third kappa shape index (κ3) is 5.50. The van der Waals surface area contributed by atoms with Gasteiger partial charge in [0, 0.05) is 0 Å². The van der Waals surface area contributed by atoms with Crippen molar-refractivity contribution in [2.75, 3.05) is 0 Å². The fourth-order valence-corrected chi connectivity index (χ4v) is 8.54. The Morgan fingerprint density at radius 3 is 1.28 bits per heavy atom. The number of amides is 2. The molecule has 0 heterocycles. The second-order valence-electron chi connectivity index (χ2n) is 14.2. The van der Waals surface area contributed by atoms with Gasteiger partial charge in [-0.3, -0.25) is 9.59 Å². The Morgan fingerprint density at radius 1 is 0.500 bits per heavy atom. The highest BCUT2D eigenvalue weighted by Crippen LogP contribution is 2.47.